The number of amides is 1. The van der Waals surface area contributed by atoms with Gasteiger partial charge in [-0.25, -0.2) is 9.78 Å². The molecule has 5 nitrogen and oxygen atoms in total. The monoisotopic (exact) mass is 366 g/mol. The zero-order valence-electron chi connectivity index (χ0n) is 14.5. The predicted octanol–water partition coefficient (Wildman–Crippen LogP) is 3.84. The highest BCUT2D eigenvalue weighted by molar-refractivity contribution is 7.09. The highest BCUT2D eigenvalue weighted by Crippen LogP contribution is 2.21. The Morgan fingerprint density at radius 1 is 1.04 bits per heavy atom. The number of nitrogens with zero attached hydrogens (tertiary/aromatic N) is 1. The van der Waals surface area contributed by atoms with E-state index in [9.17, 15) is 9.59 Å². The molecular weight excluding hydrogens is 348 g/mol. The third-order valence-electron chi connectivity index (χ3n) is 3.89. The first-order valence-corrected chi connectivity index (χ1v) is 8.93. The Kier molecular flexibility index (Phi) is 5.43. The normalized spacial score (nSPS) is 10.4. The number of esters is 1. The summed E-state index contributed by atoms with van der Waals surface area (Å²) in [5, 5.41) is 5.94. The number of benzene rings is 2. The quantitative estimate of drug-likeness (QED) is 0.697. The number of ether oxygens (including phenoxy) is 1. The van der Waals surface area contributed by atoms with Crippen molar-refractivity contribution in [1.29, 1.82) is 0 Å². The molecule has 3 aromatic rings. The topological polar surface area (TPSA) is 68.3 Å². The van der Waals surface area contributed by atoms with Crippen molar-refractivity contribution in [2.24, 2.45) is 0 Å². The van der Waals surface area contributed by atoms with Gasteiger partial charge in [-0.15, -0.1) is 11.3 Å². The molecule has 0 aliphatic carbocycles. The van der Waals surface area contributed by atoms with Crippen LogP contribution < -0.4 is 5.32 Å². The maximum absolute atomic E-state index is 12.2. The van der Waals surface area contributed by atoms with Crippen LogP contribution in [0.25, 0.3) is 11.3 Å². The predicted molar refractivity (Wildman–Crippen MR) is 101 cm³/mol. The van der Waals surface area contributed by atoms with Gasteiger partial charge >= 0.3 is 5.97 Å². The number of hydrogen-bond donors (Lipinski definition) is 1. The Morgan fingerprint density at radius 2 is 1.69 bits per heavy atom. The molecule has 0 atom stereocenters. The van der Waals surface area contributed by atoms with E-state index >= 15 is 0 Å². The third-order valence-corrected chi connectivity index (χ3v) is 4.66. The Labute approximate surface area is 155 Å². The summed E-state index contributed by atoms with van der Waals surface area (Å²) in [4.78, 5) is 28.1. The van der Waals surface area contributed by atoms with Gasteiger partial charge < -0.3 is 10.1 Å². The summed E-state index contributed by atoms with van der Waals surface area (Å²) >= 11 is 1.62. The molecule has 132 valence electrons. The van der Waals surface area contributed by atoms with Gasteiger partial charge in [0.25, 0.3) is 5.91 Å². The number of carbonyl (C=O) groups is 2. The molecule has 0 fully saturated rings. The molecule has 0 radical (unpaired) electrons. The van der Waals surface area contributed by atoms with Crippen LogP contribution in [0.3, 0.4) is 0 Å². The molecule has 1 aromatic heterocycles. The van der Waals surface area contributed by atoms with E-state index in [0.717, 1.165) is 21.8 Å². The van der Waals surface area contributed by atoms with E-state index in [4.69, 9.17) is 0 Å². The highest BCUT2D eigenvalue weighted by atomic mass is 32.1. The second-order valence-corrected chi connectivity index (χ2v) is 6.76. The maximum atomic E-state index is 12.2. The lowest BCUT2D eigenvalue weighted by Crippen LogP contribution is -2.22. The summed E-state index contributed by atoms with van der Waals surface area (Å²) < 4.78 is 4.64. The van der Waals surface area contributed by atoms with Crippen molar-refractivity contribution < 1.29 is 14.3 Å². The molecule has 3 rings (SSSR count). The maximum Gasteiger partial charge on any atom is 0.337 e. The van der Waals surface area contributed by atoms with Crippen LogP contribution in [-0.4, -0.2) is 24.0 Å². The molecule has 6 heteroatoms. The summed E-state index contributed by atoms with van der Waals surface area (Å²) in [6, 6.07) is 14.3. The number of aryl methyl sites for hydroxylation is 1. The largest absolute Gasteiger partial charge is 0.465 e. The Morgan fingerprint density at radius 3 is 2.27 bits per heavy atom. The van der Waals surface area contributed by atoms with E-state index in [0.29, 0.717) is 17.7 Å². The molecule has 1 heterocycles. The van der Waals surface area contributed by atoms with Crippen molar-refractivity contribution >= 4 is 23.2 Å². The van der Waals surface area contributed by atoms with Crippen LogP contribution in [0.5, 0.6) is 0 Å². The molecule has 1 amide bonds. The molecular formula is C20H18N2O3S. The first kappa shape index (κ1) is 17.8. The summed E-state index contributed by atoms with van der Waals surface area (Å²) in [6.45, 7) is 2.41. The zero-order chi connectivity index (χ0) is 18.5. The molecule has 2 aromatic carbocycles. The molecule has 0 aliphatic heterocycles. The average Bonchev–Trinajstić information content (AvgIpc) is 3.12. The van der Waals surface area contributed by atoms with Gasteiger partial charge in [-0.1, -0.05) is 24.3 Å². The first-order valence-electron chi connectivity index (χ1n) is 8.05. The van der Waals surface area contributed by atoms with Crippen LogP contribution in [-0.2, 0) is 11.3 Å². The van der Waals surface area contributed by atoms with E-state index in [-0.39, 0.29) is 5.91 Å². The van der Waals surface area contributed by atoms with Crippen molar-refractivity contribution in [3.8, 4) is 11.3 Å². The van der Waals surface area contributed by atoms with Crippen molar-refractivity contribution in [3.05, 3.63) is 75.6 Å². The minimum atomic E-state index is -0.424. The lowest BCUT2D eigenvalue weighted by molar-refractivity contribution is 0.0600. The summed E-state index contributed by atoms with van der Waals surface area (Å²) in [7, 11) is 1.32. The van der Waals surface area contributed by atoms with Crippen LogP contribution in [0.4, 0.5) is 0 Å². The Bertz CT molecular complexity index is 915. The van der Waals surface area contributed by atoms with E-state index in [1.807, 2.05) is 36.6 Å². The number of carbonyl (C=O) groups excluding carboxylic acids is 2. The minimum Gasteiger partial charge on any atom is -0.465 e. The average molecular weight is 366 g/mol. The van der Waals surface area contributed by atoms with E-state index in [1.165, 1.54) is 7.11 Å². The van der Waals surface area contributed by atoms with Gasteiger partial charge in [0, 0.05) is 23.1 Å². The number of rotatable bonds is 5. The fourth-order valence-corrected chi connectivity index (χ4v) is 3.07. The number of nitrogens with one attached hydrogen (secondary N) is 1. The van der Waals surface area contributed by atoms with Crippen molar-refractivity contribution in [1.82, 2.24) is 10.3 Å². The molecule has 0 saturated carbocycles. The standard InChI is InChI=1S/C20H18N2O3S/c1-13-22-18(12-26-13)15-5-3-14(4-6-15)11-21-19(23)16-7-9-17(10-8-16)20(24)25-2/h3-10,12H,11H2,1-2H3,(H,21,23). The molecule has 0 aliphatic rings. The number of thiazole rings is 1. The molecule has 0 spiro atoms. The van der Waals surface area contributed by atoms with E-state index < -0.39 is 5.97 Å². The minimum absolute atomic E-state index is 0.194. The Balaban J connectivity index is 1.59. The summed E-state index contributed by atoms with van der Waals surface area (Å²) in [5.41, 5.74) is 3.93. The van der Waals surface area contributed by atoms with Crippen molar-refractivity contribution in [3.63, 3.8) is 0 Å². The van der Waals surface area contributed by atoms with Crippen LogP contribution in [0.15, 0.2) is 53.9 Å². The smallest absolute Gasteiger partial charge is 0.337 e. The lowest BCUT2D eigenvalue weighted by atomic mass is 10.1. The van der Waals surface area contributed by atoms with Crippen LogP contribution in [0, 0.1) is 6.92 Å². The second-order valence-electron chi connectivity index (χ2n) is 5.70. The molecule has 0 unspecified atom stereocenters. The van der Waals surface area contributed by atoms with Gasteiger partial charge in [-0.05, 0) is 36.8 Å². The van der Waals surface area contributed by atoms with Crippen LogP contribution in [0.1, 0.15) is 31.3 Å². The summed E-state index contributed by atoms with van der Waals surface area (Å²) in [5.74, 6) is -0.618. The number of methoxy groups -OCH3 is 1. The van der Waals surface area contributed by atoms with Crippen molar-refractivity contribution in [2.75, 3.05) is 7.11 Å². The van der Waals surface area contributed by atoms with Crippen LogP contribution >= 0.6 is 11.3 Å². The lowest BCUT2D eigenvalue weighted by Gasteiger charge is -2.07. The SMILES string of the molecule is COC(=O)c1ccc(C(=O)NCc2ccc(-c3csc(C)n3)cc2)cc1. The van der Waals surface area contributed by atoms with Gasteiger partial charge in [0.05, 0.1) is 23.4 Å². The molecule has 26 heavy (non-hydrogen) atoms. The number of aromatic nitrogens is 1. The van der Waals surface area contributed by atoms with E-state index in [2.05, 4.69) is 15.0 Å². The second kappa shape index (κ2) is 7.93. The molecule has 0 bridgehead atoms. The van der Waals surface area contributed by atoms with E-state index in [1.54, 1.807) is 35.6 Å². The van der Waals surface area contributed by atoms with Gasteiger partial charge in [0.1, 0.15) is 0 Å². The Hall–Kier alpha value is -2.99. The zero-order valence-corrected chi connectivity index (χ0v) is 15.3. The fourth-order valence-electron chi connectivity index (χ4n) is 2.45. The van der Waals surface area contributed by atoms with Gasteiger partial charge in [-0.2, -0.15) is 0 Å². The molecule has 0 saturated heterocycles. The van der Waals surface area contributed by atoms with Gasteiger partial charge in [-0.3, -0.25) is 4.79 Å². The first-order chi connectivity index (χ1) is 12.6. The third kappa shape index (κ3) is 4.15. The molecule has 1 N–H and O–H groups in total. The van der Waals surface area contributed by atoms with Gasteiger partial charge in [0.2, 0.25) is 0 Å². The van der Waals surface area contributed by atoms with Gasteiger partial charge in [0.15, 0.2) is 0 Å². The van der Waals surface area contributed by atoms with Crippen molar-refractivity contribution in [2.45, 2.75) is 13.5 Å². The fraction of sp³-hybridized carbons (Fsp3) is 0.150. The van der Waals surface area contributed by atoms with Crippen LogP contribution in [0.2, 0.25) is 0 Å². The number of hydrogen-bond acceptors (Lipinski definition) is 5. The highest BCUT2D eigenvalue weighted by Gasteiger charge is 2.09. The summed E-state index contributed by atoms with van der Waals surface area (Å²) in [6.07, 6.45) is 0.